The number of anilines is 1. The Kier molecular flexibility index (Phi) is 6.04. The summed E-state index contributed by atoms with van der Waals surface area (Å²) >= 11 is 7.82. The van der Waals surface area contributed by atoms with E-state index >= 15 is 0 Å². The molecule has 4 rings (SSSR count). The van der Waals surface area contributed by atoms with Crippen molar-refractivity contribution in [2.45, 2.75) is 26.8 Å². The number of thiazole rings is 1. The number of nitrogens with zero attached hydrogens (tertiary/aromatic N) is 3. The highest BCUT2D eigenvalue weighted by Crippen LogP contribution is 2.31. The van der Waals surface area contributed by atoms with Gasteiger partial charge in [-0.3, -0.25) is 9.69 Å². The number of carbonyl (C=O) groups excluding carboxylic acids is 1. The van der Waals surface area contributed by atoms with Crippen molar-refractivity contribution in [3.8, 4) is 5.75 Å². The molecule has 5 nitrogen and oxygen atoms in total. The number of hydrogen-bond donors (Lipinski definition) is 0. The van der Waals surface area contributed by atoms with Gasteiger partial charge in [0.05, 0.1) is 10.2 Å². The Morgan fingerprint density at radius 1 is 1.17 bits per heavy atom. The van der Waals surface area contributed by atoms with E-state index in [1.807, 2.05) is 37.3 Å². The Balaban J connectivity index is 1.43. The fraction of sp³-hybridized carbons (Fsp3) is 0.364. The summed E-state index contributed by atoms with van der Waals surface area (Å²) in [6, 6.07) is 11.9. The van der Waals surface area contributed by atoms with E-state index < -0.39 is 0 Å². The van der Waals surface area contributed by atoms with E-state index in [4.69, 9.17) is 21.3 Å². The van der Waals surface area contributed by atoms with Gasteiger partial charge in [0.1, 0.15) is 5.75 Å². The standard InChI is InChI=1S/C22H24ClN3O2S/c1-15-10-17(12-19(11-15)28-16(2)27)14-25-6-3-7-26(9-8-25)22-24-20-5-4-18(23)13-21(20)29-22/h4-5,10-13H,3,6-9,14H2,1-2H3. The largest absolute Gasteiger partial charge is 0.427 e. The highest BCUT2D eigenvalue weighted by atomic mass is 35.5. The molecule has 0 atom stereocenters. The first-order chi connectivity index (χ1) is 14.0. The summed E-state index contributed by atoms with van der Waals surface area (Å²) in [6.45, 7) is 8.24. The third kappa shape index (κ3) is 5.07. The van der Waals surface area contributed by atoms with Gasteiger partial charge in [0, 0.05) is 44.7 Å². The molecule has 29 heavy (non-hydrogen) atoms. The number of benzene rings is 2. The minimum Gasteiger partial charge on any atom is -0.427 e. The number of aryl methyl sites for hydroxylation is 1. The zero-order valence-electron chi connectivity index (χ0n) is 16.7. The average Bonchev–Trinajstić information content (AvgIpc) is 2.92. The van der Waals surface area contributed by atoms with E-state index in [0.717, 1.165) is 65.1 Å². The number of halogens is 1. The first-order valence-electron chi connectivity index (χ1n) is 9.79. The van der Waals surface area contributed by atoms with Gasteiger partial charge in [0.15, 0.2) is 5.13 Å². The van der Waals surface area contributed by atoms with Gasteiger partial charge in [-0.25, -0.2) is 4.98 Å². The summed E-state index contributed by atoms with van der Waals surface area (Å²) in [5, 5.41) is 1.82. The van der Waals surface area contributed by atoms with Crippen molar-refractivity contribution in [2.24, 2.45) is 0 Å². The van der Waals surface area contributed by atoms with Crippen LogP contribution >= 0.6 is 22.9 Å². The molecule has 2 heterocycles. The quantitative estimate of drug-likeness (QED) is 0.436. The minimum atomic E-state index is -0.288. The molecule has 1 aliphatic rings. The smallest absolute Gasteiger partial charge is 0.308 e. The Morgan fingerprint density at radius 2 is 2.03 bits per heavy atom. The van der Waals surface area contributed by atoms with Crippen molar-refractivity contribution in [3.05, 3.63) is 52.5 Å². The molecule has 1 aliphatic heterocycles. The van der Waals surface area contributed by atoms with Gasteiger partial charge >= 0.3 is 5.97 Å². The van der Waals surface area contributed by atoms with Crippen LogP contribution in [-0.4, -0.2) is 42.0 Å². The second kappa shape index (κ2) is 8.69. The van der Waals surface area contributed by atoms with Gasteiger partial charge in [0.25, 0.3) is 0 Å². The van der Waals surface area contributed by atoms with Crippen LogP contribution in [0.15, 0.2) is 36.4 Å². The monoisotopic (exact) mass is 429 g/mol. The van der Waals surface area contributed by atoms with E-state index in [2.05, 4.69) is 15.9 Å². The van der Waals surface area contributed by atoms with Crippen LogP contribution in [0.5, 0.6) is 5.75 Å². The molecule has 2 aromatic carbocycles. The van der Waals surface area contributed by atoms with E-state index in [9.17, 15) is 4.79 Å². The maximum atomic E-state index is 11.3. The second-order valence-electron chi connectivity index (χ2n) is 7.47. The predicted molar refractivity (Wildman–Crippen MR) is 119 cm³/mol. The molecule has 1 aromatic heterocycles. The van der Waals surface area contributed by atoms with Gasteiger partial charge in [-0.05, 0) is 54.8 Å². The fourth-order valence-electron chi connectivity index (χ4n) is 3.74. The fourth-order valence-corrected chi connectivity index (χ4v) is 5.03. The molecule has 0 aliphatic carbocycles. The molecule has 7 heteroatoms. The Bertz CT molecular complexity index is 1040. The molecule has 0 radical (unpaired) electrons. The molecule has 3 aromatic rings. The van der Waals surface area contributed by atoms with Crippen molar-refractivity contribution in [1.82, 2.24) is 9.88 Å². The van der Waals surface area contributed by atoms with Crippen LogP contribution in [0, 0.1) is 6.92 Å². The van der Waals surface area contributed by atoms with Crippen LogP contribution < -0.4 is 9.64 Å². The summed E-state index contributed by atoms with van der Waals surface area (Å²) in [5.74, 6) is 0.334. The van der Waals surface area contributed by atoms with Gasteiger partial charge in [0.2, 0.25) is 0 Å². The van der Waals surface area contributed by atoms with Crippen LogP contribution in [0.2, 0.25) is 5.02 Å². The van der Waals surface area contributed by atoms with Crippen molar-refractivity contribution in [2.75, 3.05) is 31.1 Å². The topological polar surface area (TPSA) is 45.7 Å². The van der Waals surface area contributed by atoms with E-state index in [0.29, 0.717) is 5.75 Å². The van der Waals surface area contributed by atoms with Crippen molar-refractivity contribution < 1.29 is 9.53 Å². The number of aromatic nitrogens is 1. The minimum absolute atomic E-state index is 0.288. The molecule has 0 bridgehead atoms. The van der Waals surface area contributed by atoms with Crippen LogP contribution in [0.1, 0.15) is 24.5 Å². The highest BCUT2D eigenvalue weighted by Gasteiger charge is 2.18. The lowest BCUT2D eigenvalue weighted by molar-refractivity contribution is -0.131. The molecule has 0 unspecified atom stereocenters. The van der Waals surface area contributed by atoms with Crippen LogP contribution in [0.3, 0.4) is 0 Å². The third-order valence-electron chi connectivity index (χ3n) is 4.98. The number of esters is 1. The van der Waals surface area contributed by atoms with E-state index in [1.54, 1.807) is 11.3 Å². The summed E-state index contributed by atoms with van der Waals surface area (Å²) in [6.07, 6.45) is 1.08. The molecule has 0 spiro atoms. The lowest BCUT2D eigenvalue weighted by Gasteiger charge is -2.22. The molecular formula is C22H24ClN3O2S. The second-order valence-corrected chi connectivity index (χ2v) is 8.92. The number of ether oxygens (including phenoxy) is 1. The first kappa shape index (κ1) is 20.1. The van der Waals surface area contributed by atoms with Gasteiger partial charge in [-0.15, -0.1) is 0 Å². The number of rotatable bonds is 4. The zero-order chi connectivity index (χ0) is 20.4. The number of fused-ring (bicyclic) bond motifs is 1. The molecular weight excluding hydrogens is 406 g/mol. The normalized spacial score (nSPS) is 15.5. The molecule has 152 valence electrons. The number of hydrogen-bond acceptors (Lipinski definition) is 6. The maximum Gasteiger partial charge on any atom is 0.308 e. The zero-order valence-corrected chi connectivity index (χ0v) is 18.2. The van der Waals surface area contributed by atoms with E-state index in [-0.39, 0.29) is 5.97 Å². The van der Waals surface area contributed by atoms with Crippen LogP contribution in [0.25, 0.3) is 10.2 Å². The molecule has 1 fully saturated rings. The average molecular weight is 430 g/mol. The first-order valence-corrected chi connectivity index (χ1v) is 11.0. The lowest BCUT2D eigenvalue weighted by Crippen LogP contribution is -2.30. The van der Waals surface area contributed by atoms with Gasteiger partial charge in [-0.1, -0.05) is 29.0 Å². The van der Waals surface area contributed by atoms with Crippen molar-refractivity contribution >= 4 is 44.3 Å². The Hall–Kier alpha value is -2.15. The van der Waals surface area contributed by atoms with Crippen molar-refractivity contribution in [3.63, 3.8) is 0 Å². The summed E-state index contributed by atoms with van der Waals surface area (Å²) in [7, 11) is 0. The van der Waals surface area contributed by atoms with Crippen LogP contribution in [0.4, 0.5) is 5.13 Å². The van der Waals surface area contributed by atoms with Crippen LogP contribution in [-0.2, 0) is 11.3 Å². The lowest BCUT2D eigenvalue weighted by atomic mass is 10.1. The molecule has 0 amide bonds. The van der Waals surface area contributed by atoms with Gasteiger partial charge in [-0.2, -0.15) is 0 Å². The van der Waals surface area contributed by atoms with Crippen molar-refractivity contribution in [1.29, 1.82) is 0 Å². The maximum absolute atomic E-state index is 11.3. The number of carbonyl (C=O) groups is 1. The highest BCUT2D eigenvalue weighted by molar-refractivity contribution is 7.22. The molecule has 0 N–H and O–H groups in total. The Morgan fingerprint density at radius 3 is 2.86 bits per heavy atom. The van der Waals surface area contributed by atoms with E-state index in [1.165, 1.54) is 12.5 Å². The summed E-state index contributed by atoms with van der Waals surface area (Å²) < 4.78 is 6.41. The summed E-state index contributed by atoms with van der Waals surface area (Å²) in [5.41, 5.74) is 3.28. The summed E-state index contributed by atoms with van der Waals surface area (Å²) in [4.78, 5) is 20.9. The predicted octanol–water partition coefficient (Wildman–Crippen LogP) is 4.90. The SMILES string of the molecule is CC(=O)Oc1cc(C)cc(CN2CCCN(c3nc4ccc(Cl)cc4s3)CC2)c1. The third-order valence-corrected chi connectivity index (χ3v) is 6.29. The van der Waals surface area contributed by atoms with Gasteiger partial charge < -0.3 is 9.64 Å². The molecule has 1 saturated heterocycles. The Labute approximate surface area is 179 Å². The molecule has 0 saturated carbocycles.